The summed E-state index contributed by atoms with van der Waals surface area (Å²) in [5.41, 5.74) is 0.610. The Kier molecular flexibility index (Phi) is 6.12. The number of pyridine rings is 1. The number of likely N-dealkylation sites (tertiary alicyclic amines) is 1. The Morgan fingerprint density at radius 1 is 1.19 bits per heavy atom. The van der Waals surface area contributed by atoms with Crippen molar-refractivity contribution in [1.29, 1.82) is 0 Å². The number of carbonyl (C=O) groups is 2. The Labute approximate surface area is 211 Å². The normalized spacial score (nSPS) is 20.2. The minimum Gasteiger partial charge on any atom is -0.489 e. The minimum atomic E-state index is -4.11. The van der Waals surface area contributed by atoms with E-state index >= 15 is 0 Å². The van der Waals surface area contributed by atoms with Gasteiger partial charge in [0, 0.05) is 56.2 Å². The summed E-state index contributed by atoms with van der Waals surface area (Å²) in [7, 11) is -2.58. The van der Waals surface area contributed by atoms with Crippen LogP contribution in [0.4, 0.5) is 10.1 Å². The third-order valence-electron chi connectivity index (χ3n) is 6.53. The lowest BCUT2D eigenvalue weighted by Gasteiger charge is -2.23. The highest BCUT2D eigenvalue weighted by atomic mass is 32.2. The van der Waals surface area contributed by atoms with Crippen LogP contribution in [0.1, 0.15) is 26.4 Å². The lowest BCUT2D eigenvalue weighted by atomic mass is 10.1. The van der Waals surface area contributed by atoms with Crippen LogP contribution in [0.5, 0.6) is 5.75 Å². The molecule has 194 valence electrons. The molecule has 0 aliphatic carbocycles. The van der Waals surface area contributed by atoms with Crippen LogP contribution in [-0.2, 0) is 17.1 Å². The highest BCUT2D eigenvalue weighted by Crippen LogP contribution is 2.35. The van der Waals surface area contributed by atoms with E-state index in [9.17, 15) is 27.2 Å². The fourth-order valence-corrected chi connectivity index (χ4v) is 6.09. The number of rotatable bonds is 3. The van der Waals surface area contributed by atoms with Crippen molar-refractivity contribution in [3.05, 3.63) is 75.7 Å². The van der Waals surface area contributed by atoms with Crippen molar-refractivity contribution in [1.82, 2.24) is 19.2 Å². The van der Waals surface area contributed by atoms with Crippen LogP contribution in [0.2, 0.25) is 0 Å². The van der Waals surface area contributed by atoms with E-state index in [1.54, 1.807) is 6.92 Å². The average molecular weight is 530 g/mol. The molecule has 0 saturated carbocycles. The zero-order valence-electron chi connectivity index (χ0n) is 19.9. The SMILES string of the molecule is Cc1cc(NC(=O)c2c3c(cn2C)S(=O)(=O)N[C@H]2CN(C(=O)c4ccc(=O)[nH]c4)C[C@H]2CO3)ccc1F. The number of benzene rings is 1. The molecule has 37 heavy (non-hydrogen) atoms. The van der Waals surface area contributed by atoms with Crippen LogP contribution in [-0.4, -0.2) is 60.4 Å². The number of fused-ring (bicyclic) bond motifs is 2. The molecule has 3 aromatic rings. The Hall–Kier alpha value is -3.97. The molecule has 1 saturated heterocycles. The number of nitrogens with one attached hydrogen (secondary N) is 3. The van der Waals surface area contributed by atoms with Gasteiger partial charge in [-0.25, -0.2) is 17.5 Å². The Bertz CT molecular complexity index is 1560. The molecule has 2 aliphatic heterocycles. The number of ether oxygens (including phenoxy) is 1. The van der Waals surface area contributed by atoms with Crippen LogP contribution in [0.3, 0.4) is 0 Å². The van der Waals surface area contributed by atoms with Crippen molar-refractivity contribution < 1.29 is 27.1 Å². The number of H-pyrrole nitrogens is 1. The third-order valence-corrected chi connectivity index (χ3v) is 8.01. The molecule has 2 aliphatic rings. The van der Waals surface area contributed by atoms with Gasteiger partial charge in [-0.1, -0.05) is 0 Å². The fraction of sp³-hybridized carbons (Fsp3) is 0.292. The van der Waals surface area contributed by atoms with Crippen molar-refractivity contribution in [3.8, 4) is 5.75 Å². The van der Waals surface area contributed by atoms with Crippen LogP contribution < -0.4 is 20.3 Å². The first kappa shape index (κ1) is 24.7. The second kappa shape index (κ2) is 9.16. The number of hydrogen-bond acceptors (Lipinski definition) is 6. The van der Waals surface area contributed by atoms with E-state index < -0.39 is 27.8 Å². The summed E-state index contributed by atoms with van der Waals surface area (Å²) >= 11 is 0. The number of aryl methyl sites for hydroxylation is 2. The number of aromatic amines is 1. The number of aromatic nitrogens is 2. The van der Waals surface area contributed by atoms with Gasteiger partial charge < -0.3 is 24.5 Å². The number of nitrogens with zero attached hydrogens (tertiary/aromatic N) is 2. The molecule has 11 nitrogen and oxygen atoms in total. The lowest BCUT2D eigenvalue weighted by molar-refractivity contribution is 0.0781. The highest BCUT2D eigenvalue weighted by Gasteiger charge is 2.42. The number of halogens is 1. The quantitative estimate of drug-likeness (QED) is 0.466. The molecule has 0 spiro atoms. The number of hydrogen-bond donors (Lipinski definition) is 3. The number of carbonyl (C=O) groups excluding carboxylic acids is 2. The average Bonchev–Trinajstić information content (AvgIpc) is 3.39. The monoisotopic (exact) mass is 529 g/mol. The number of anilines is 1. The van der Waals surface area contributed by atoms with Gasteiger partial charge in [-0.3, -0.25) is 14.4 Å². The molecule has 3 N–H and O–H groups in total. The fourth-order valence-electron chi connectivity index (χ4n) is 4.60. The predicted octanol–water partition coefficient (Wildman–Crippen LogP) is 1.22. The molecule has 1 fully saturated rings. The molecule has 2 aromatic heterocycles. The van der Waals surface area contributed by atoms with Gasteiger partial charge in [-0.05, 0) is 36.8 Å². The molecule has 0 unspecified atom stereocenters. The zero-order valence-corrected chi connectivity index (χ0v) is 20.8. The molecule has 5 rings (SSSR count). The second-order valence-corrected chi connectivity index (χ2v) is 10.8. The van der Waals surface area contributed by atoms with E-state index in [0.29, 0.717) is 11.3 Å². The summed E-state index contributed by atoms with van der Waals surface area (Å²) < 4.78 is 50.1. The van der Waals surface area contributed by atoms with Gasteiger partial charge in [0.1, 0.15) is 10.7 Å². The van der Waals surface area contributed by atoms with Crippen LogP contribution in [0, 0.1) is 18.7 Å². The largest absolute Gasteiger partial charge is 0.489 e. The molecule has 1 aromatic carbocycles. The summed E-state index contributed by atoms with van der Waals surface area (Å²) in [5, 5.41) is 2.66. The van der Waals surface area contributed by atoms with E-state index in [1.165, 1.54) is 59.2 Å². The zero-order chi connectivity index (χ0) is 26.5. The summed E-state index contributed by atoms with van der Waals surface area (Å²) in [5.74, 6) is -1.87. The second-order valence-electron chi connectivity index (χ2n) is 9.15. The number of sulfonamides is 1. The summed E-state index contributed by atoms with van der Waals surface area (Å²) in [4.78, 5) is 41.1. The van der Waals surface area contributed by atoms with E-state index in [1.807, 2.05) is 0 Å². The van der Waals surface area contributed by atoms with Crippen molar-refractivity contribution >= 4 is 27.5 Å². The Morgan fingerprint density at radius 3 is 2.68 bits per heavy atom. The Balaban J connectivity index is 1.40. The van der Waals surface area contributed by atoms with E-state index in [0.717, 1.165) is 0 Å². The maximum absolute atomic E-state index is 13.6. The first-order chi connectivity index (χ1) is 17.5. The van der Waals surface area contributed by atoms with Gasteiger partial charge in [0.05, 0.1) is 12.2 Å². The van der Waals surface area contributed by atoms with Gasteiger partial charge in [0.25, 0.3) is 11.8 Å². The van der Waals surface area contributed by atoms with Gasteiger partial charge in [-0.2, -0.15) is 0 Å². The summed E-state index contributed by atoms with van der Waals surface area (Å²) in [6.07, 6.45) is 2.61. The van der Waals surface area contributed by atoms with Crippen molar-refractivity contribution in [2.45, 2.75) is 17.9 Å². The molecule has 13 heteroatoms. The van der Waals surface area contributed by atoms with Gasteiger partial charge in [-0.15, -0.1) is 0 Å². The van der Waals surface area contributed by atoms with Crippen molar-refractivity contribution in [2.75, 3.05) is 25.0 Å². The van der Waals surface area contributed by atoms with Crippen LogP contribution in [0.25, 0.3) is 0 Å². The van der Waals surface area contributed by atoms with Gasteiger partial charge >= 0.3 is 0 Å². The molecule has 0 bridgehead atoms. The van der Waals surface area contributed by atoms with E-state index in [2.05, 4.69) is 15.0 Å². The van der Waals surface area contributed by atoms with E-state index in [-0.39, 0.29) is 59.0 Å². The molecular weight excluding hydrogens is 505 g/mol. The minimum absolute atomic E-state index is 0.0139. The Morgan fingerprint density at radius 2 is 1.97 bits per heavy atom. The summed E-state index contributed by atoms with van der Waals surface area (Å²) in [6.45, 7) is 1.94. The van der Waals surface area contributed by atoms with E-state index in [4.69, 9.17) is 4.74 Å². The topological polar surface area (TPSA) is 143 Å². The summed E-state index contributed by atoms with van der Waals surface area (Å²) in [6, 6.07) is 6.15. The predicted molar refractivity (Wildman–Crippen MR) is 131 cm³/mol. The maximum atomic E-state index is 13.6. The van der Waals surface area contributed by atoms with Crippen LogP contribution >= 0.6 is 0 Å². The standard InChI is InChI=1S/C24H24FN5O6S/c1-13-7-16(4-5-17(13)25)27-23(32)21-22-19(11-29(21)2)37(34,35)28-18-10-30(9-15(18)12-36-22)24(33)14-3-6-20(31)26-8-14/h3-8,11,15,18,28H,9-10,12H2,1-2H3,(H,26,31)(H,27,32)/t15-,18-/m0/s1. The van der Waals surface area contributed by atoms with Gasteiger partial charge in [0.15, 0.2) is 11.4 Å². The highest BCUT2D eigenvalue weighted by molar-refractivity contribution is 7.89. The molecule has 2 atom stereocenters. The maximum Gasteiger partial charge on any atom is 0.276 e. The smallest absolute Gasteiger partial charge is 0.276 e. The third kappa shape index (κ3) is 4.62. The molecular formula is C24H24FN5O6S. The van der Waals surface area contributed by atoms with Crippen molar-refractivity contribution in [2.24, 2.45) is 13.0 Å². The van der Waals surface area contributed by atoms with Crippen molar-refractivity contribution in [3.63, 3.8) is 0 Å². The first-order valence-corrected chi connectivity index (χ1v) is 12.9. The number of amides is 2. The lowest BCUT2D eigenvalue weighted by Crippen LogP contribution is -2.43. The first-order valence-electron chi connectivity index (χ1n) is 11.4. The van der Waals surface area contributed by atoms with Crippen LogP contribution in [0.15, 0.2) is 52.4 Å². The molecule has 0 radical (unpaired) electrons. The molecule has 2 amide bonds. The molecule has 4 heterocycles. The van der Waals surface area contributed by atoms with Gasteiger partial charge in [0.2, 0.25) is 15.6 Å².